The van der Waals surface area contributed by atoms with Crippen LogP contribution in [0.2, 0.25) is 0 Å². The van der Waals surface area contributed by atoms with Crippen LogP contribution < -0.4 is 5.32 Å². The Labute approximate surface area is 111 Å². The van der Waals surface area contributed by atoms with Gasteiger partial charge < -0.3 is 5.32 Å². The fourth-order valence-corrected chi connectivity index (χ4v) is 1.95. The van der Waals surface area contributed by atoms with Crippen molar-refractivity contribution < 1.29 is 4.79 Å². The first-order valence-electron chi connectivity index (χ1n) is 6.96. The van der Waals surface area contributed by atoms with E-state index in [4.69, 9.17) is 0 Å². The van der Waals surface area contributed by atoms with Gasteiger partial charge in [-0.3, -0.25) is 4.79 Å². The van der Waals surface area contributed by atoms with E-state index >= 15 is 0 Å². The molecular weight excluding hydrogens is 222 g/mol. The lowest BCUT2D eigenvalue weighted by Crippen LogP contribution is -2.26. The number of carbonyl (C=O) groups excluding carboxylic acids is 1. The maximum atomic E-state index is 11.5. The van der Waals surface area contributed by atoms with E-state index in [0.717, 1.165) is 19.4 Å². The highest BCUT2D eigenvalue weighted by Crippen LogP contribution is 2.07. The van der Waals surface area contributed by atoms with Gasteiger partial charge in [0, 0.05) is 13.0 Å². The van der Waals surface area contributed by atoms with Gasteiger partial charge in [-0.1, -0.05) is 51.5 Å². The zero-order valence-corrected chi connectivity index (χ0v) is 11.8. The molecule has 2 heteroatoms. The molecule has 1 aromatic carbocycles. The van der Waals surface area contributed by atoms with Crippen molar-refractivity contribution in [3.63, 3.8) is 0 Å². The summed E-state index contributed by atoms with van der Waals surface area (Å²) in [5, 5.41) is 2.96. The van der Waals surface area contributed by atoms with Crippen LogP contribution in [0.1, 0.15) is 44.7 Å². The van der Waals surface area contributed by atoms with Gasteiger partial charge in [-0.15, -0.1) is 0 Å². The van der Waals surface area contributed by atoms with Crippen molar-refractivity contribution in [2.24, 2.45) is 5.92 Å². The molecule has 0 saturated carbocycles. The summed E-state index contributed by atoms with van der Waals surface area (Å²) >= 11 is 0. The van der Waals surface area contributed by atoms with E-state index in [1.165, 1.54) is 17.5 Å². The van der Waals surface area contributed by atoms with E-state index in [1.807, 2.05) is 0 Å². The Morgan fingerprint density at radius 1 is 1.11 bits per heavy atom. The minimum Gasteiger partial charge on any atom is -0.356 e. The zero-order valence-electron chi connectivity index (χ0n) is 11.8. The molecule has 0 bridgehead atoms. The number of benzene rings is 1. The van der Waals surface area contributed by atoms with E-state index in [9.17, 15) is 4.79 Å². The van der Waals surface area contributed by atoms with Gasteiger partial charge in [-0.05, 0) is 29.9 Å². The third-order valence-corrected chi connectivity index (χ3v) is 2.89. The van der Waals surface area contributed by atoms with Crippen molar-refractivity contribution >= 4 is 5.91 Å². The van der Waals surface area contributed by atoms with Crippen LogP contribution in [0.25, 0.3) is 0 Å². The first-order chi connectivity index (χ1) is 8.61. The Hall–Kier alpha value is -1.31. The highest BCUT2D eigenvalue weighted by Gasteiger charge is 2.03. The number of amides is 1. The second-order valence-electron chi connectivity index (χ2n) is 5.26. The molecular formula is C16H25NO. The molecule has 0 aliphatic rings. The Balaban J connectivity index is 2.28. The van der Waals surface area contributed by atoms with Crippen LogP contribution in [0.3, 0.4) is 0 Å². The fourth-order valence-electron chi connectivity index (χ4n) is 1.95. The van der Waals surface area contributed by atoms with Crippen molar-refractivity contribution in [3.8, 4) is 0 Å². The summed E-state index contributed by atoms with van der Waals surface area (Å²) in [6.45, 7) is 7.05. The molecule has 0 aliphatic heterocycles. The van der Waals surface area contributed by atoms with Gasteiger partial charge in [-0.2, -0.15) is 0 Å². The Bertz CT molecular complexity index is 354. The molecule has 0 heterocycles. The van der Waals surface area contributed by atoms with Crippen LogP contribution in [0.15, 0.2) is 24.3 Å². The van der Waals surface area contributed by atoms with Crippen LogP contribution in [0.4, 0.5) is 0 Å². The van der Waals surface area contributed by atoms with Crippen molar-refractivity contribution in [3.05, 3.63) is 35.4 Å². The molecule has 1 aromatic rings. The number of rotatable bonds is 7. The van der Waals surface area contributed by atoms with Crippen LogP contribution in [-0.2, 0) is 17.6 Å². The van der Waals surface area contributed by atoms with Gasteiger partial charge in [0.05, 0.1) is 0 Å². The number of hydrogen-bond acceptors (Lipinski definition) is 1. The van der Waals surface area contributed by atoms with E-state index in [0.29, 0.717) is 12.3 Å². The molecule has 1 N–H and O–H groups in total. The molecule has 1 rings (SSSR count). The van der Waals surface area contributed by atoms with Gasteiger partial charge in [-0.25, -0.2) is 0 Å². The van der Waals surface area contributed by atoms with E-state index in [-0.39, 0.29) is 5.91 Å². The van der Waals surface area contributed by atoms with Gasteiger partial charge in [0.1, 0.15) is 0 Å². The first-order valence-corrected chi connectivity index (χ1v) is 6.96. The zero-order chi connectivity index (χ0) is 13.4. The number of hydrogen-bond donors (Lipinski definition) is 1. The second-order valence-corrected chi connectivity index (χ2v) is 5.26. The first kappa shape index (κ1) is 14.7. The summed E-state index contributed by atoms with van der Waals surface area (Å²) in [5.74, 6) is 0.589. The normalized spacial score (nSPS) is 10.7. The second kappa shape index (κ2) is 7.91. The van der Waals surface area contributed by atoms with Gasteiger partial charge in [0.15, 0.2) is 0 Å². The Kier molecular flexibility index (Phi) is 6.48. The molecule has 18 heavy (non-hydrogen) atoms. The summed E-state index contributed by atoms with van der Waals surface area (Å²) in [7, 11) is 0. The maximum absolute atomic E-state index is 11.5. The monoisotopic (exact) mass is 247 g/mol. The summed E-state index contributed by atoms with van der Waals surface area (Å²) in [5.41, 5.74) is 2.68. The molecule has 0 atom stereocenters. The highest BCUT2D eigenvalue weighted by atomic mass is 16.1. The molecule has 100 valence electrons. The average molecular weight is 247 g/mol. The smallest absolute Gasteiger partial charge is 0.220 e. The Morgan fingerprint density at radius 3 is 2.17 bits per heavy atom. The molecule has 1 amide bonds. The minimum absolute atomic E-state index is 0.160. The van der Waals surface area contributed by atoms with E-state index in [1.54, 1.807) is 0 Å². The molecule has 0 radical (unpaired) electrons. The molecule has 0 aliphatic carbocycles. The van der Waals surface area contributed by atoms with E-state index in [2.05, 4.69) is 50.4 Å². The van der Waals surface area contributed by atoms with Gasteiger partial charge in [0.25, 0.3) is 0 Å². The number of aryl methyl sites for hydroxylation is 1. The summed E-state index contributed by atoms with van der Waals surface area (Å²) in [6, 6.07) is 8.71. The summed E-state index contributed by atoms with van der Waals surface area (Å²) in [4.78, 5) is 11.5. The van der Waals surface area contributed by atoms with Crippen molar-refractivity contribution in [2.45, 2.75) is 46.5 Å². The van der Waals surface area contributed by atoms with Crippen LogP contribution in [0.5, 0.6) is 0 Å². The van der Waals surface area contributed by atoms with Crippen molar-refractivity contribution in [1.29, 1.82) is 0 Å². The van der Waals surface area contributed by atoms with E-state index < -0.39 is 0 Å². The predicted octanol–water partition coefficient (Wildman–Crippen LogP) is 3.34. The minimum atomic E-state index is 0.160. The fraction of sp³-hybridized carbons (Fsp3) is 0.562. The highest BCUT2D eigenvalue weighted by molar-refractivity contribution is 5.76. The van der Waals surface area contributed by atoms with Crippen molar-refractivity contribution in [1.82, 2.24) is 5.32 Å². The maximum Gasteiger partial charge on any atom is 0.220 e. The molecule has 0 aromatic heterocycles. The SMILES string of the molecule is CCCc1ccc(CCNC(=O)CC(C)C)cc1. The topological polar surface area (TPSA) is 29.1 Å². The van der Waals surface area contributed by atoms with Gasteiger partial charge in [0.2, 0.25) is 5.91 Å². The number of carbonyl (C=O) groups is 1. The number of nitrogens with one attached hydrogen (secondary N) is 1. The van der Waals surface area contributed by atoms with Crippen LogP contribution in [-0.4, -0.2) is 12.5 Å². The quantitative estimate of drug-likeness (QED) is 0.786. The molecule has 0 saturated heterocycles. The lowest BCUT2D eigenvalue weighted by molar-refractivity contribution is -0.121. The largest absolute Gasteiger partial charge is 0.356 e. The van der Waals surface area contributed by atoms with Crippen LogP contribution in [0, 0.1) is 5.92 Å². The summed E-state index contributed by atoms with van der Waals surface area (Å²) in [6.07, 6.45) is 3.86. The third kappa shape index (κ3) is 5.85. The molecule has 0 spiro atoms. The average Bonchev–Trinajstić information content (AvgIpc) is 2.31. The standard InChI is InChI=1S/C16H25NO/c1-4-5-14-6-8-15(9-7-14)10-11-17-16(18)12-13(2)3/h6-9,13H,4-5,10-12H2,1-3H3,(H,17,18). The summed E-state index contributed by atoms with van der Waals surface area (Å²) < 4.78 is 0. The molecule has 0 unspecified atom stereocenters. The molecule has 2 nitrogen and oxygen atoms in total. The predicted molar refractivity (Wildman–Crippen MR) is 76.6 cm³/mol. The van der Waals surface area contributed by atoms with Gasteiger partial charge >= 0.3 is 0 Å². The van der Waals surface area contributed by atoms with Crippen LogP contribution >= 0.6 is 0 Å². The lowest BCUT2D eigenvalue weighted by Gasteiger charge is -2.07. The lowest BCUT2D eigenvalue weighted by atomic mass is 10.1. The Morgan fingerprint density at radius 2 is 1.67 bits per heavy atom. The van der Waals surface area contributed by atoms with Crippen molar-refractivity contribution in [2.75, 3.05) is 6.54 Å². The third-order valence-electron chi connectivity index (χ3n) is 2.89. The molecule has 0 fully saturated rings.